The number of aryl methyl sites for hydroxylation is 2. The molecule has 3 aliphatic rings. The van der Waals surface area contributed by atoms with Gasteiger partial charge in [-0.25, -0.2) is 4.98 Å². The zero-order chi connectivity index (χ0) is 45.4. The van der Waals surface area contributed by atoms with Crippen LogP contribution in [0.5, 0.6) is 5.75 Å². The van der Waals surface area contributed by atoms with Crippen LogP contribution in [0.3, 0.4) is 0 Å². The number of piperazine rings is 1. The predicted molar refractivity (Wildman–Crippen MR) is 265 cm³/mol. The van der Waals surface area contributed by atoms with Crippen LogP contribution >= 0.6 is 23.1 Å². The van der Waals surface area contributed by atoms with Gasteiger partial charge in [-0.15, -0.1) is 0 Å². The van der Waals surface area contributed by atoms with Crippen LogP contribution in [0.25, 0.3) is 21.8 Å². The summed E-state index contributed by atoms with van der Waals surface area (Å²) >= 11 is 3.61. The van der Waals surface area contributed by atoms with Crippen molar-refractivity contribution < 1.29 is 18.9 Å². The normalized spacial score (nSPS) is 18.1. The minimum absolute atomic E-state index is 0.188. The summed E-state index contributed by atoms with van der Waals surface area (Å²) in [5, 5.41) is 12.2. The molecule has 3 N–H and O–H groups in total. The second kappa shape index (κ2) is 18.9. The number of hydrogen-bond acceptors (Lipinski definition) is 12. The molecule has 3 aromatic heterocycles. The quantitative estimate of drug-likeness (QED) is 0.0758. The van der Waals surface area contributed by atoms with Gasteiger partial charge in [0.25, 0.3) is 0 Å². The minimum Gasteiger partial charge on any atom is -0.494 e. The second-order valence-corrected chi connectivity index (χ2v) is 21.9. The maximum Gasteiger partial charge on any atom is 0.249 e. The summed E-state index contributed by atoms with van der Waals surface area (Å²) in [6.45, 7) is 15.1. The third-order valence-electron chi connectivity index (χ3n) is 13.4. The number of benzene rings is 3. The monoisotopic (exact) mass is 960 g/mol. The molecule has 6 heterocycles. The van der Waals surface area contributed by atoms with Crippen LogP contribution in [-0.4, -0.2) is 113 Å². The van der Waals surface area contributed by atoms with Crippen LogP contribution in [0.15, 0.2) is 77.7 Å². The lowest BCUT2D eigenvalue weighted by Gasteiger charge is -2.43. The van der Waals surface area contributed by atoms with Crippen LogP contribution < -0.4 is 30.9 Å². The van der Waals surface area contributed by atoms with Crippen molar-refractivity contribution in [2.24, 2.45) is 0 Å². The highest BCUT2D eigenvalue weighted by molar-refractivity contribution is 9.10. The van der Waals surface area contributed by atoms with E-state index in [1.165, 1.54) is 27.8 Å². The molecule has 14 nitrogen and oxygen atoms in total. The molecule has 0 saturated carbocycles. The summed E-state index contributed by atoms with van der Waals surface area (Å²) in [7, 11) is -1.01. The molecular weight excluding hydrogens is 903 g/mol. The average Bonchev–Trinajstić information content (AvgIpc) is 3.64. The number of rotatable bonds is 13. The van der Waals surface area contributed by atoms with Crippen molar-refractivity contribution in [1.82, 2.24) is 34.6 Å². The van der Waals surface area contributed by atoms with E-state index < -0.39 is 7.14 Å². The van der Waals surface area contributed by atoms with Crippen LogP contribution in [0.4, 0.5) is 28.8 Å². The number of nitrogens with one attached hydrogen (secondary N) is 3. The molecule has 3 fully saturated rings. The van der Waals surface area contributed by atoms with Gasteiger partial charge in [0, 0.05) is 104 Å². The van der Waals surface area contributed by atoms with Gasteiger partial charge in [0.15, 0.2) is 0 Å². The van der Waals surface area contributed by atoms with Gasteiger partial charge in [-0.1, -0.05) is 37.3 Å². The molecule has 3 saturated heterocycles. The molecule has 340 valence electrons. The Kier molecular flexibility index (Phi) is 13.0. The smallest absolute Gasteiger partial charge is 0.249 e. The number of carbonyl (C=O) groups excluding carboxylic acids is 2. The number of aromatic nitrogens is 4. The third kappa shape index (κ3) is 9.38. The molecule has 0 spiro atoms. The molecule has 16 heteroatoms. The van der Waals surface area contributed by atoms with E-state index in [4.69, 9.17) is 9.72 Å². The van der Waals surface area contributed by atoms with Gasteiger partial charge in [-0.2, -0.15) is 4.98 Å². The van der Waals surface area contributed by atoms with Crippen molar-refractivity contribution >= 4 is 90.8 Å². The Morgan fingerprint density at radius 2 is 1.69 bits per heavy atom. The minimum atomic E-state index is -2.71. The Morgan fingerprint density at radius 3 is 2.43 bits per heavy atom. The summed E-state index contributed by atoms with van der Waals surface area (Å²) in [6.07, 6.45) is 10.4. The standard InChI is InChI=1S/C49H58BrN10O4P/c1-6-32-26-38(54-49-52-28-36(50)47(56-49)53-39-29-51-37-12-8-7-11-35(37)46(39)65(4,5)63)43(64-3)27-42(32)59-20-17-34(18-21-59)58-24-22-57(23-25-58)19-16-33-10-9-13-40-45(33)31(2)30-60(40)41-14-15-44(61)55-48(41)62/h7-13,26-30,34,41H,6,14-25H2,1-5H3,(H,55,61,62)(H2,52,53,54,56). The van der Waals surface area contributed by atoms with Gasteiger partial charge < -0.3 is 34.3 Å². The summed E-state index contributed by atoms with van der Waals surface area (Å²) in [5.41, 5.74) is 8.20. The summed E-state index contributed by atoms with van der Waals surface area (Å²) < 4.78 is 22.3. The first-order chi connectivity index (χ1) is 31.4. The number of methoxy groups -OCH3 is 1. The van der Waals surface area contributed by atoms with Gasteiger partial charge in [0.2, 0.25) is 17.8 Å². The van der Waals surface area contributed by atoms with Crippen LogP contribution in [0, 0.1) is 6.92 Å². The Morgan fingerprint density at radius 1 is 0.908 bits per heavy atom. The van der Waals surface area contributed by atoms with Crippen molar-refractivity contribution in [3.63, 3.8) is 0 Å². The molecule has 6 aromatic rings. The molecule has 65 heavy (non-hydrogen) atoms. The van der Waals surface area contributed by atoms with Crippen molar-refractivity contribution in [3.8, 4) is 5.75 Å². The van der Waals surface area contributed by atoms with Crippen LogP contribution in [0.2, 0.25) is 0 Å². The number of halogens is 1. The van der Waals surface area contributed by atoms with Crippen molar-refractivity contribution in [2.45, 2.75) is 64.5 Å². The highest BCUT2D eigenvalue weighted by Gasteiger charge is 2.31. The lowest BCUT2D eigenvalue weighted by molar-refractivity contribution is -0.135. The van der Waals surface area contributed by atoms with E-state index in [0.29, 0.717) is 46.6 Å². The number of imide groups is 1. The zero-order valence-corrected chi connectivity index (χ0v) is 40.3. The van der Waals surface area contributed by atoms with Crippen molar-refractivity contribution in [2.75, 3.05) is 81.8 Å². The molecule has 9 rings (SSSR count). The molecule has 1 atom stereocenters. The molecule has 1 unspecified atom stereocenters. The van der Waals surface area contributed by atoms with E-state index in [0.717, 1.165) is 98.9 Å². The number of piperidine rings is 2. The van der Waals surface area contributed by atoms with Crippen LogP contribution in [-0.2, 0) is 27.0 Å². The largest absolute Gasteiger partial charge is 0.494 e. The first-order valence-corrected chi connectivity index (χ1v) is 26.1. The van der Waals surface area contributed by atoms with E-state index in [2.05, 4.69) is 111 Å². The number of fused-ring (bicyclic) bond motifs is 2. The van der Waals surface area contributed by atoms with E-state index in [9.17, 15) is 14.2 Å². The fraction of sp³-hybridized carbons (Fsp3) is 0.408. The van der Waals surface area contributed by atoms with Crippen LogP contribution in [0.1, 0.15) is 55.3 Å². The Hall–Kier alpha value is -5.34. The molecular formula is C49H58BrN10O4P. The Balaban J connectivity index is 0.812. The van der Waals surface area contributed by atoms with E-state index in [1.54, 1.807) is 32.8 Å². The molecule has 2 amide bonds. The number of ether oxygens (including phenoxy) is 1. The first kappa shape index (κ1) is 44.8. The van der Waals surface area contributed by atoms with Gasteiger partial charge in [0.05, 0.1) is 34.7 Å². The fourth-order valence-electron chi connectivity index (χ4n) is 10.1. The Labute approximate surface area is 389 Å². The van der Waals surface area contributed by atoms with Crippen molar-refractivity contribution in [3.05, 3.63) is 94.4 Å². The first-order valence-electron chi connectivity index (χ1n) is 22.7. The van der Waals surface area contributed by atoms with Gasteiger partial charge >= 0.3 is 0 Å². The Bertz CT molecular complexity index is 2810. The lowest BCUT2D eigenvalue weighted by Crippen LogP contribution is -2.53. The molecule has 0 radical (unpaired) electrons. The topological polar surface area (TPSA) is 150 Å². The molecule has 0 aliphatic carbocycles. The molecule has 3 aromatic carbocycles. The van der Waals surface area contributed by atoms with Gasteiger partial charge in [-0.3, -0.25) is 24.8 Å². The summed E-state index contributed by atoms with van der Waals surface area (Å²) in [5.74, 6) is 1.23. The zero-order valence-electron chi connectivity index (χ0n) is 37.9. The molecule has 0 bridgehead atoms. The number of para-hydroxylation sites is 1. The SMILES string of the molecule is CCc1cc(Nc2ncc(Br)c(Nc3cnc4ccccc4c3P(C)(C)=O)n2)c(OC)cc1N1CCC(N2CCN(CCc3cccc4c3c(C)cn4C3CCC(=O)NC3=O)CC2)CC1. The maximum atomic E-state index is 13.6. The highest BCUT2D eigenvalue weighted by Crippen LogP contribution is 2.42. The van der Waals surface area contributed by atoms with Crippen molar-refractivity contribution in [1.29, 1.82) is 0 Å². The number of pyridine rings is 1. The highest BCUT2D eigenvalue weighted by atomic mass is 79.9. The van der Waals surface area contributed by atoms with E-state index in [1.807, 2.05) is 24.3 Å². The third-order valence-corrected chi connectivity index (χ3v) is 15.6. The number of anilines is 5. The molecule has 3 aliphatic heterocycles. The number of hydrogen-bond donors (Lipinski definition) is 3. The van der Waals surface area contributed by atoms with E-state index >= 15 is 0 Å². The maximum absolute atomic E-state index is 13.6. The van der Waals surface area contributed by atoms with Gasteiger partial charge in [0.1, 0.15) is 24.8 Å². The lowest BCUT2D eigenvalue weighted by atomic mass is 9.99. The second-order valence-electron chi connectivity index (χ2n) is 17.9. The fourth-order valence-corrected chi connectivity index (χ4v) is 11.9. The number of nitrogens with zero attached hydrogens (tertiary/aromatic N) is 7. The van der Waals surface area contributed by atoms with E-state index in [-0.39, 0.29) is 17.9 Å². The predicted octanol–water partition coefficient (Wildman–Crippen LogP) is 8.16. The number of amides is 2. The van der Waals surface area contributed by atoms with Gasteiger partial charge in [-0.05, 0) is 103 Å². The summed E-state index contributed by atoms with van der Waals surface area (Å²) in [4.78, 5) is 46.4. The summed E-state index contributed by atoms with van der Waals surface area (Å²) in [6, 6.07) is 18.7. The number of carbonyl (C=O) groups is 2. The average molecular weight is 962 g/mol.